The third kappa shape index (κ3) is 5.63. The molecule has 5 heteroatoms. The first kappa shape index (κ1) is 19.6. The van der Waals surface area contributed by atoms with Gasteiger partial charge >= 0.3 is 0 Å². The first-order chi connectivity index (χ1) is 11.9. The molecule has 134 valence electrons. The lowest BCUT2D eigenvalue weighted by molar-refractivity contribution is 0.267. The van der Waals surface area contributed by atoms with Crippen molar-refractivity contribution in [3.63, 3.8) is 0 Å². The van der Waals surface area contributed by atoms with Gasteiger partial charge in [0.2, 0.25) is 0 Å². The van der Waals surface area contributed by atoms with Gasteiger partial charge in [0, 0.05) is 26.1 Å². The summed E-state index contributed by atoms with van der Waals surface area (Å²) in [6, 6.07) is 18.8. The second-order valence-corrected chi connectivity index (χ2v) is 5.99. The number of para-hydroxylation sites is 1. The lowest BCUT2D eigenvalue weighted by Gasteiger charge is -2.26. The van der Waals surface area contributed by atoms with Crippen LogP contribution in [0.15, 0.2) is 59.6 Å². The minimum Gasteiger partial charge on any atom is -0.493 e. The molecule has 2 N–H and O–H groups in total. The molecule has 1 aliphatic heterocycles. The van der Waals surface area contributed by atoms with Crippen molar-refractivity contribution < 1.29 is 4.74 Å². The molecule has 0 bridgehead atoms. The maximum absolute atomic E-state index is 5.73. The Bertz CT molecular complexity index is 676. The van der Waals surface area contributed by atoms with E-state index in [1.807, 2.05) is 19.2 Å². The molecule has 0 spiro atoms. The van der Waals surface area contributed by atoms with Gasteiger partial charge in [0.25, 0.3) is 0 Å². The fraction of sp³-hybridized carbons (Fsp3) is 0.350. The molecule has 3 rings (SSSR count). The van der Waals surface area contributed by atoms with Crippen LogP contribution in [0.5, 0.6) is 5.75 Å². The van der Waals surface area contributed by atoms with E-state index in [4.69, 9.17) is 4.74 Å². The Morgan fingerprint density at radius 2 is 1.84 bits per heavy atom. The van der Waals surface area contributed by atoms with Crippen LogP contribution in [0.4, 0.5) is 0 Å². The second kappa shape index (κ2) is 10.3. The molecular weight excluding hydrogens is 425 g/mol. The van der Waals surface area contributed by atoms with Crippen LogP contribution in [0.25, 0.3) is 0 Å². The number of guanidine groups is 1. The fourth-order valence-corrected chi connectivity index (χ4v) is 3.04. The highest BCUT2D eigenvalue weighted by Gasteiger charge is 2.20. The SMILES string of the molecule is CN=C(NCCc1ccccc1)NCC1CCOc2ccccc21.I. The van der Waals surface area contributed by atoms with E-state index in [9.17, 15) is 0 Å². The van der Waals surface area contributed by atoms with E-state index >= 15 is 0 Å². The normalized spacial score (nSPS) is 16.2. The average Bonchev–Trinajstić information content (AvgIpc) is 2.65. The molecule has 0 saturated carbocycles. The van der Waals surface area contributed by atoms with Crippen LogP contribution in [-0.4, -0.2) is 32.7 Å². The van der Waals surface area contributed by atoms with Crippen molar-refractivity contribution in [1.82, 2.24) is 10.6 Å². The Labute approximate surface area is 167 Å². The molecule has 0 aromatic heterocycles. The third-order valence-electron chi connectivity index (χ3n) is 4.37. The molecule has 1 aliphatic rings. The van der Waals surface area contributed by atoms with Gasteiger partial charge in [-0.2, -0.15) is 0 Å². The third-order valence-corrected chi connectivity index (χ3v) is 4.37. The molecule has 0 saturated heterocycles. The van der Waals surface area contributed by atoms with Crippen molar-refractivity contribution in [2.45, 2.75) is 18.8 Å². The van der Waals surface area contributed by atoms with Crippen molar-refractivity contribution in [2.24, 2.45) is 4.99 Å². The molecule has 2 aromatic rings. The van der Waals surface area contributed by atoms with Gasteiger partial charge in [-0.1, -0.05) is 48.5 Å². The lowest BCUT2D eigenvalue weighted by atomic mass is 9.93. The average molecular weight is 451 g/mol. The maximum atomic E-state index is 5.73. The van der Waals surface area contributed by atoms with Gasteiger partial charge in [0.1, 0.15) is 5.75 Å². The Morgan fingerprint density at radius 1 is 1.08 bits per heavy atom. The molecule has 25 heavy (non-hydrogen) atoms. The number of aliphatic imine (C=N–C) groups is 1. The highest BCUT2D eigenvalue weighted by molar-refractivity contribution is 14.0. The summed E-state index contributed by atoms with van der Waals surface area (Å²) in [5.41, 5.74) is 2.62. The van der Waals surface area contributed by atoms with E-state index in [1.165, 1.54) is 11.1 Å². The van der Waals surface area contributed by atoms with E-state index in [1.54, 1.807) is 0 Å². The second-order valence-electron chi connectivity index (χ2n) is 5.99. The number of hydrogen-bond donors (Lipinski definition) is 2. The maximum Gasteiger partial charge on any atom is 0.191 e. The predicted molar refractivity (Wildman–Crippen MR) is 114 cm³/mol. The first-order valence-corrected chi connectivity index (χ1v) is 8.57. The van der Waals surface area contributed by atoms with Crippen molar-refractivity contribution in [3.05, 3.63) is 65.7 Å². The molecule has 0 radical (unpaired) electrons. The lowest BCUT2D eigenvalue weighted by Crippen LogP contribution is -2.40. The van der Waals surface area contributed by atoms with Gasteiger partial charge in [-0.05, 0) is 30.0 Å². The zero-order chi connectivity index (χ0) is 16.6. The first-order valence-electron chi connectivity index (χ1n) is 8.57. The molecule has 1 atom stereocenters. The smallest absolute Gasteiger partial charge is 0.191 e. The molecule has 0 aliphatic carbocycles. The standard InChI is InChI=1S/C20H25N3O.HI/c1-21-20(22-13-11-16-7-3-2-4-8-16)23-15-17-12-14-24-19-10-6-5-9-18(17)19;/h2-10,17H,11-15H2,1H3,(H2,21,22,23);1H. The number of nitrogens with one attached hydrogen (secondary N) is 2. The van der Waals surface area contributed by atoms with Gasteiger partial charge < -0.3 is 15.4 Å². The van der Waals surface area contributed by atoms with Crippen LogP contribution in [0.3, 0.4) is 0 Å². The van der Waals surface area contributed by atoms with Crippen LogP contribution in [-0.2, 0) is 6.42 Å². The summed E-state index contributed by atoms with van der Waals surface area (Å²) in [5, 5.41) is 6.84. The summed E-state index contributed by atoms with van der Waals surface area (Å²) < 4.78 is 5.73. The quantitative estimate of drug-likeness (QED) is 0.415. The number of halogens is 1. The summed E-state index contributed by atoms with van der Waals surface area (Å²) in [4.78, 5) is 4.32. The highest BCUT2D eigenvalue weighted by atomic mass is 127. The molecule has 2 aromatic carbocycles. The Morgan fingerprint density at radius 3 is 2.64 bits per heavy atom. The van der Waals surface area contributed by atoms with E-state index in [-0.39, 0.29) is 24.0 Å². The number of nitrogens with zero attached hydrogens (tertiary/aromatic N) is 1. The van der Waals surface area contributed by atoms with Crippen LogP contribution in [0, 0.1) is 0 Å². The van der Waals surface area contributed by atoms with Gasteiger partial charge in [-0.15, -0.1) is 24.0 Å². The van der Waals surface area contributed by atoms with Crippen LogP contribution in [0.2, 0.25) is 0 Å². The van der Waals surface area contributed by atoms with Crippen molar-refractivity contribution in [1.29, 1.82) is 0 Å². The van der Waals surface area contributed by atoms with Crippen molar-refractivity contribution in [2.75, 3.05) is 26.7 Å². The summed E-state index contributed by atoms with van der Waals surface area (Å²) in [6.45, 7) is 2.52. The zero-order valence-electron chi connectivity index (χ0n) is 14.6. The topological polar surface area (TPSA) is 45.7 Å². The minimum atomic E-state index is 0. The molecule has 0 amide bonds. The predicted octanol–water partition coefficient (Wildman–Crippen LogP) is 3.58. The van der Waals surface area contributed by atoms with E-state index in [0.29, 0.717) is 5.92 Å². The van der Waals surface area contributed by atoms with Gasteiger partial charge in [-0.25, -0.2) is 0 Å². The van der Waals surface area contributed by atoms with Crippen LogP contribution >= 0.6 is 24.0 Å². The number of ether oxygens (including phenoxy) is 1. The minimum absolute atomic E-state index is 0. The fourth-order valence-electron chi connectivity index (χ4n) is 3.04. The Hall–Kier alpha value is -1.76. The van der Waals surface area contributed by atoms with E-state index in [2.05, 4.69) is 58.1 Å². The summed E-state index contributed by atoms with van der Waals surface area (Å²) in [6.07, 6.45) is 2.02. The summed E-state index contributed by atoms with van der Waals surface area (Å²) in [7, 11) is 1.82. The molecule has 4 nitrogen and oxygen atoms in total. The van der Waals surface area contributed by atoms with E-state index < -0.39 is 0 Å². The molecular formula is C20H26IN3O. The van der Waals surface area contributed by atoms with Crippen molar-refractivity contribution in [3.8, 4) is 5.75 Å². The monoisotopic (exact) mass is 451 g/mol. The van der Waals surface area contributed by atoms with Crippen LogP contribution in [0.1, 0.15) is 23.5 Å². The molecule has 1 unspecified atom stereocenters. The van der Waals surface area contributed by atoms with Gasteiger partial charge in [0.15, 0.2) is 5.96 Å². The zero-order valence-corrected chi connectivity index (χ0v) is 16.9. The molecule has 1 heterocycles. The van der Waals surface area contributed by atoms with Gasteiger partial charge in [0.05, 0.1) is 6.61 Å². The number of hydrogen-bond acceptors (Lipinski definition) is 2. The number of fused-ring (bicyclic) bond motifs is 1. The highest BCUT2D eigenvalue weighted by Crippen LogP contribution is 2.32. The van der Waals surface area contributed by atoms with Crippen molar-refractivity contribution >= 4 is 29.9 Å². The summed E-state index contributed by atoms with van der Waals surface area (Å²) in [5.74, 6) is 2.33. The number of benzene rings is 2. The Balaban J connectivity index is 0.00000225. The van der Waals surface area contributed by atoms with Gasteiger partial charge in [-0.3, -0.25) is 4.99 Å². The largest absolute Gasteiger partial charge is 0.493 e. The number of rotatable bonds is 5. The molecule has 0 fully saturated rings. The Kier molecular flexibility index (Phi) is 8.04. The summed E-state index contributed by atoms with van der Waals surface area (Å²) >= 11 is 0. The van der Waals surface area contributed by atoms with Crippen LogP contribution < -0.4 is 15.4 Å². The van der Waals surface area contributed by atoms with E-state index in [0.717, 1.165) is 44.2 Å².